The zero-order chi connectivity index (χ0) is 18.4. The van der Waals surface area contributed by atoms with Crippen molar-refractivity contribution in [1.82, 2.24) is 14.3 Å². The molecule has 0 unspecified atom stereocenters. The van der Waals surface area contributed by atoms with Crippen molar-refractivity contribution in [3.05, 3.63) is 35.2 Å². The monoisotopic (exact) mass is 387 g/mol. The summed E-state index contributed by atoms with van der Waals surface area (Å²) in [7, 11) is -2.12. The molecule has 1 N–H and O–H groups in total. The molecule has 0 spiro atoms. The molecule has 0 aliphatic rings. The topological polar surface area (TPSA) is 82.5 Å². The van der Waals surface area contributed by atoms with Crippen LogP contribution in [0.4, 0.5) is 0 Å². The maximum atomic E-state index is 12.2. The third-order valence-electron chi connectivity index (χ3n) is 3.40. The fourth-order valence-electron chi connectivity index (χ4n) is 2.22. The fraction of sp³-hybridized carbons (Fsp3) is 0.438. The molecule has 9 heteroatoms. The van der Waals surface area contributed by atoms with E-state index in [-0.39, 0.29) is 16.7 Å². The van der Waals surface area contributed by atoms with E-state index in [0.29, 0.717) is 31.1 Å². The minimum Gasteiger partial charge on any atom is -0.490 e. The van der Waals surface area contributed by atoms with E-state index < -0.39 is 10.0 Å². The predicted molar refractivity (Wildman–Crippen MR) is 95.9 cm³/mol. The summed E-state index contributed by atoms with van der Waals surface area (Å²) >= 11 is 5.94. The SMILES string of the molecule is CCOc1ccc(CCNS(=O)(=O)c2ncn(C)c2Cl)cc1OCC. The van der Waals surface area contributed by atoms with Crippen LogP contribution < -0.4 is 14.2 Å². The van der Waals surface area contributed by atoms with E-state index in [1.807, 2.05) is 32.0 Å². The van der Waals surface area contributed by atoms with Crippen LogP contribution in [0.3, 0.4) is 0 Å². The van der Waals surface area contributed by atoms with Crippen molar-refractivity contribution >= 4 is 21.6 Å². The van der Waals surface area contributed by atoms with Gasteiger partial charge in [0.15, 0.2) is 11.5 Å². The summed E-state index contributed by atoms with van der Waals surface area (Å²) in [5.41, 5.74) is 0.932. The Bertz CT molecular complexity index is 821. The Balaban J connectivity index is 2.03. The number of rotatable bonds is 9. The molecule has 0 aliphatic carbocycles. The molecule has 1 aromatic heterocycles. The van der Waals surface area contributed by atoms with Gasteiger partial charge in [-0.15, -0.1) is 0 Å². The molecule has 0 atom stereocenters. The van der Waals surface area contributed by atoms with Crippen LogP contribution in [0, 0.1) is 0 Å². The smallest absolute Gasteiger partial charge is 0.261 e. The van der Waals surface area contributed by atoms with E-state index in [9.17, 15) is 8.42 Å². The molecule has 0 radical (unpaired) electrons. The Morgan fingerprint density at radius 3 is 2.48 bits per heavy atom. The summed E-state index contributed by atoms with van der Waals surface area (Å²) in [6.07, 6.45) is 1.86. The number of nitrogens with zero attached hydrogens (tertiary/aromatic N) is 2. The van der Waals surface area contributed by atoms with Gasteiger partial charge >= 0.3 is 0 Å². The predicted octanol–water partition coefficient (Wildman–Crippen LogP) is 2.39. The lowest BCUT2D eigenvalue weighted by Crippen LogP contribution is -2.26. The van der Waals surface area contributed by atoms with Crippen molar-refractivity contribution in [2.24, 2.45) is 7.05 Å². The number of aryl methyl sites for hydroxylation is 1. The number of aromatic nitrogens is 2. The number of imidazole rings is 1. The molecule has 0 amide bonds. The highest BCUT2D eigenvalue weighted by Gasteiger charge is 2.21. The van der Waals surface area contributed by atoms with Crippen LogP contribution in [0.5, 0.6) is 11.5 Å². The quantitative estimate of drug-likeness (QED) is 0.714. The highest BCUT2D eigenvalue weighted by molar-refractivity contribution is 7.89. The first-order chi connectivity index (χ1) is 11.9. The molecular weight excluding hydrogens is 366 g/mol. The van der Waals surface area contributed by atoms with Gasteiger partial charge in [-0.3, -0.25) is 0 Å². The zero-order valence-corrected chi connectivity index (χ0v) is 16.0. The Morgan fingerprint density at radius 2 is 1.88 bits per heavy atom. The van der Waals surface area contributed by atoms with Crippen molar-refractivity contribution in [3.63, 3.8) is 0 Å². The van der Waals surface area contributed by atoms with Crippen molar-refractivity contribution < 1.29 is 17.9 Å². The van der Waals surface area contributed by atoms with Crippen molar-refractivity contribution in [2.45, 2.75) is 25.3 Å². The average Bonchev–Trinajstić information content (AvgIpc) is 2.90. The molecule has 1 aromatic carbocycles. The lowest BCUT2D eigenvalue weighted by Gasteiger charge is -2.12. The minimum absolute atomic E-state index is 0.0761. The zero-order valence-electron chi connectivity index (χ0n) is 14.5. The Hall–Kier alpha value is -1.77. The highest BCUT2D eigenvalue weighted by Crippen LogP contribution is 2.28. The minimum atomic E-state index is -3.75. The number of hydrogen-bond donors (Lipinski definition) is 1. The van der Waals surface area contributed by atoms with Gasteiger partial charge in [-0.1, -0.05) is 17.7 Å². The first-order valence-corrected chi connectivity index (χ1v) is 9.80. The van der Waals surface area contributed by atoms with Gasteiger partial charge in [0.1, 0.15) is 5.15 Å². The summed E-state index contributed by atoms with van der Waals surface area (Å²) in [6.45, 7) is 5.08. The fourth-order valence-corrected chi connectivity index (χ4v) is 3.68. The molecule has 1 heterocycles. The molecule has 0 saturated carbocycles. The van der Waals surface area contributed by atoms with E-state index in [4.69, 9.17) is 21.1 Å². The van der Waals surface area contributed by atoms with E-state index in [0.717, 1.165) is 5.56 Å². The molecule has 2 rings (SSSR count). The Morgan fingerprint density at radius 1 is 1.20 bits per heavy atom. The first-order valence-electron chi connectivity index (χ1n) is 7.94. The summed E-state index contributed by atoms with van der Waals surface area (Å²) in [6, 6.07) is 5.57. The molecule has 0 saturated heterocycles. The van der Waals surface area contributed by atoms with Gasteiger partial charge in [0.05, 0.1) is 19.5 Å². The normalized spacial score (nSPS) is 11.5. The van der Waals surface area contributed by atoms with Gasteiger partial charge in [0.25, 0.3) is 10.0 Å². The van der Waals surface area contributed by atoms with Gasteiger partial charge in [0, 0.05) is 13.6 Å². The number of halogens is 1. The van der Waals surface area contributed by atoms with Crippen LogP contribution in [0.1, 0.15) is 19.4 Å². The lowest BCUT2D eigenvalue weighted by atomic mass is 10.1. The third kappa shape index (κ3) is 4.87. The van der Waals surface area contributed by atoms with E-state index in [2.05, 4.69) is 9.71 Å². The van der Waals surface area contributed by atoms with Gasteiger partial charge in [0.2, 0.25) is 5.03 Å². The second kappa shape index (κ2) is 8.55. The van der Waals surface area contributed by atoms with E-state index in [1.54, 1.807) is 7.05 Å². The standard InChI is InChI=1S/C16H22ClN3O4S/c1-4-23-13-7-6-12(10-14(13)24-5-2)8-9-19-25(21,22)16-15(17)20(3)11-18-16/h6-7,10-11,19H,4-5,8-9H2,1-3H3. The number of nitrogens with one attached hydrogen (secondary N) is 1. The average molecular weight is 388 g/mol. The van der Waals surface area contributed by atoms with Crippen molar-refractivity contribution in [3.8, 4) is 11.5 Å². The molecule has 138 valence electrons. The molecule has 7 nitrogen and oxygen atoms in total. The Labute approximate surface area is 153 Å². The second-order valence-electron chi connectivity index (χ2n) is 5.25. The van der Waals surface area contributed by atoms with Crippen molar-refractivity contribution in [1.29, 1.82) is 0 Å². The number of sulfonamides is 1. The molecule has 0 fully saturated rings. The van der Waals surface area contributed by atoms with Crippen LogP contribution in [0.15, 0.2) is 29.6 Å². The van der Waals surface area contributed by atoms with Gasteiger partial charge < -0.3 is 14.0 Å². The van der Waals surface area contributed by atoms with Gasteiger partial charge in [-0.05, 0) is 38.0 Å². The van der Waals surface area contributed by atoms with Crippen LogP contribution >= 0.6 is 11.6 Å². The van der Waals surface area contributed by atoms with Crippen molar-refractivity contribution in [2.75, 3.05) is 19.8 Å². The third-order valence-corrected chi connectivity index (χ3v) is 5.35. The van der Waals surface area contributed by atoms with E-state index in [1.165, 1.54) is 10.9 Å². The van der Waals surface area contributed by atoms with E-state index >= 15 is 0 Å². The lowest BCUT2D eigenvalue weighted by molar-refractivity contribution is 0.287. The van der Waals surface area contributed by atoms with Crippen LogP contribution in [-0.4, -0.2) is 37.7 Å². The largest absolute Gasteiger partial charge is 0.490 e. The van der Waals surface area contributed by atoms with Crippen LogP contribution in [0.25, 0.3) is 0 Å². The number of hydrogen-bond acceptors (Lipinski definition) is 5. The van der Waals surface area contributed by atoms with Crippen LogP contribution in [0.2, 0.25) is 5.15 Å². The van der Waals surface area contributed by atoms with Gasteiger partial charge in [-0.25, -0.2) is 18.1 Å². The number of ether oxygens (including phenoxy) is 2. The first kappa shape index (κ1) is 19.6. The number of benzene rings is 1. The Kier molecular flexibility index (Phi) is 6.69. The molecular formula is C16H22ClN3O4S. The van der Waals surface area contributed by atoms with Gasteiger partial charge in [-0.2, -0.15) is 0 Å². The summed E-state index contributed by atoms with van der Waals surface area (Å²) in [4.78, 5) is 3.83. The maximum Gasteiger partial charge on any atom is 0.261 e. The molecule has 0 aliphatic heterocycles. The molecule has 0 bridgehead atoms. The molecule has 2 aromatic rings. The second-order valence-corrected chi connectivity index (χ2v) is 7.29. The highest BCUT2D eigenvalue weighted by atomic mass is 35.5. The van der Waals surface area contributed by atoms with Crippen LogP contribution in [-0.2, 0) is 23.5 Å². The molecule has 25 heavy (non-hydrogen) atoms. The summed E-state index contributed by atoms with van der Waals surface area (Å²) < 4.78 is 39.5. The summed E-state index contributed by atoms with van der Waals surface area (Å²) in [5.74, 6) is 1.33. The summed E-state index contributed by atoms with van der Waals surface area (Å²) in [5, 5.41) is -0.0921. The maximum absolute atomic E-state index is 12.2.